The molecule has 3 aromatic rings. The number of carbonyl (C=O) groups is 1. The second-order valence-corrected chi connectivity index (χ2v) is 7.46. The van der Waals surface area contributed by atoms with Gasteiger partial charge in [0.2, 0.25) is 5.75 Å². The van der Waals surface area contributed by atoms with Crippen LogP contribution in [0.15, 0.2) is 36.5 Å². The van der Waals surface area contributed by atoms with E-state index >= 15 is 0 Å². The molecule has 0 saturated heterocycles. The molecule has 9 heteroatoms. The normalized spacial score (nSPS) is 10.4. The Morgan fingerprint density at radius 3 is 2.22 bits per heavy atom. The summed E-state index contributed by atoms with van der Waals surface area (Å²) in [5.74, 6) is 2.15. The Bertz CT molecular complexity index is 1060. The summed E-state index contributed by atoms with van der Waals surface area (Å²) in [4.78, 5) is 13.0. The van der Waals surface area contributed by atoms with Crippen molar-refractivity contribution in [2.45, 2.75) is 13.3 Å². The summed E-state index contributed by atoms with van der Waals surface area (Å²) >= 11 is 1.34. The van der Waals surface area contributed by atoms with Crippen LogP contribution in [0.25, 0.3) is 21.6 Å². The number of ether oxygens (including phenoxy) is 5. The fourth-order valence-corrected chi connectivity index (χ4v) is 3.94. The molecule has 1 heterocycles. The molecule has 0 bridgehead atoms. The van der Waals surface area contributed by atoms with Gasteiger partial charge in [-0.05, 0) is 47.8 Å². The molecule has 0 saturated carbocycles. The van der Waals surface area contributed by atoms with Crippen LogP contribution in [-0.4, -0.2) is 45.5 Å². The fraction of sp³-hybridized carbons (Fsp3) is 0.304. The summed E-state index contributed by atoms with van der Waals surface area (Å²) < 4.78 is 31.3. The topological polar surface area (TPSA) is 88.1 Å². The lowest BCUT2D eigenvalue weighted by Gasteiger charge is -2.15. The van der Waals surface area contributed by atoms with Crippen LogP contribution >= 0.6 is 11.5 Å². The van der Waals surface area contributed by atoms with Gasteiger partial charge in [0.25, 0.3) is 0 Å². The van der Waals surface area contributed by atoms with Gasteiger partial charge in [0.05, 0.1) is 45.6 Å². The first-order valence-electron chi connectivity index (χ1n) is 9.93. The molecule has 1 amide bonds. The van der Waals surface area contributed by atoms with Crippen molar-refractivity contribution in [2.24, 2.45) is 0 Å². The summed E-state index contributed by atoms with van der Waals surface area (Å²) in [7, 11) is 6.27. The molecule has 1 aromatic heterocycles. The smallest absolute Gasteiger partial charge is 0.411 e. The van der Waals surface area contributed by atoms with Gasteiger partial charge in [-0.2, -0.15) is 4.37 Å². The maximum atomic E-state index is 12.1. The highest BCUT2D eigenvalue weighted by Gasteiger charge is 2.19. The number of aromatic nitrogens is 1. The first kappa shape index (κ1) is 23.2. The van der Waals surface area contributed by atoms with Crippen LogP contribution in [-0.2, 0) is 4.74 Å². The molecule has 0 aliphatic heterocycles. The van der Waals surface area contributed by atoms with Crippen molar-refractivity contribution in [2.75, 3.05) is 40.4 Å². The molecule has 1 N–H and O–H groups in total. The first-order chi connectivity index (χ1) is 15.6. The average molecular weight is 459 g/mol. The highest BCUT2D eigenvalue weighted by molar-refractivity contribution is 7.10. The zero-order chi connectivity index (χ0) is 23.1. The minimum absolute atomic E-state index is 0.341. The maximum Gasteiger partial charge on any atom is 0.411 e. The van der Waals surface area contributed by atoms with Gasteiger partial charge < -0.3 is 23.7 Å². The van der Waals surface area contributed by atoms with Gasteiger partial charge in [-0.25, -0.2) is 4.79 Å². The van der Waals surface area contributed by atoms with E-state index in [1.54, 1.807) is 40.7 Å². The number of amides is 1. The minimum Gasteiger partial charge on any atom is -0.495 e. The summed E-state index contributed by atoms with van der Waals surface area (Å²) in [6, 6.07) is 9.29. The lowest BCUT2D eigenvalue weighted by molar-refractivity contribution is 0.161. The molecule has 8 nitrogen and oxygen atoms in total. The molecule has 2 aromatic carbocycles. The van der Waals surface area contributed by atoms with Crippen LogP contribution in [0, 0.1) is 0 Å². The predicted molar refractivity (Wildman–Crippen MR) is 124 cm³/mol. The van der Waals surface area contributed by atoms with E-state index in [0.717, 1.165) is 28.0 Å². The fourth-order valence-electron chi connectivity index (χ4n) is 3.18. The summed E-state index contributed by atoms with van der Waals surface area (Å²) in [6.45, 7) is 2.27. The number of hydrogen-bond acceptors (Lipinski definition) is 8. The zero-order valence-electron chi connectivity index (χ0n) is 18.7. The number of rotatable bonds is 9. The second kappa shape index (κ2) is 10.7. The second-order valence-electron chi connectivity index (χ2n) is 6.66. The van der Waals surface area contributed by atoms with Gasteiger partial charge in [-0.15, -0.1) is 0 Å². The molecule has 170 valence electrons. The maximum absolute atomic E-state index is 12.1. The van der Waals surface area contributed by atoms with E-state index in [1.165, 1.54) is 11.5 Å². The van der Waals surface area contributed by atoms with Crippen LogP contribution in [0.5, 0.6) is 23.0 Å². The lowest BCUT2D eigenvalue weighted by atomic mass is 10.0. The van der Waals surface area contributed by atoms with Gasteiger partial charge in [0, 0.05) is 17.3 Å². The molecule has 32 heavy (non-hydrogen) atoms. The van der Waals surface area contributed by atoms with Gasteiger partial charge in [0.15, 0.2) is 11.5 Å². The van der Waals surface area contributed by atoms with Crippen molar-refractivity contribution >= 4 is 23.3 Å². The summed E-state index contributed by atoms with van der Waals surface area (Å²) in [5.41, 5.74) is 3.11. The largest absolute Gasteiger partial charge is 0.495 e. The van der Waals surface area contributed by atoms with Crippen LogP contribution in [0.3, 0.4) is 0 Å². The Hall–Kier alpha value is -3.46. The standard InChI is InChI=1S/C23H26N2O6S/c1-6-9-31-23(26)25-17-10-14(7-8-18(17)27-2)16-13-24-32-22(16)15-11-19(28-3)21(30-5)20(12-15)29-4/h7-8,10-13H,6,9H2,1-5H3,(H,25,26). The number of carbonyl (C=O) groups excluding carboxylic acids is 1. The Labute approximate surface area is 191 Å². The first-order valence-corrected chi connectivity index (χ1v) is 10.7. The molecule has 0 fully saturated rings. The van der Waals surface area contributed by atoms with Gasteiger partial charge in [0.1, 0.15) is 5.75 Å². The van der Waals surface area contributed by atoms with Crippen molar-refractivity contribution in [1.29, 1.82) is 0 Å². The van der Waals surface area contributed by atoms with E-state index in [4.69, 9.17) is 23.7 Å². The van der Waals surface area contributed by atoms with Crippen molar-refractivity contribution in [3.05, 3.63) is 36.5 Å². The SMILES string of the molecule is CCCOC(=O)Nc1cc(-c2cnsc2-c2cc(OC)c(OC)c(OC)c2)ccc1OC. The molecule has 0 atom stereocenters. The Kier molecular flexibility index (Phi) is 7.77. The van der Waals surface area contributed by atoms with Crippen molar-refractivity contribution in [3.8, 4) is 44.6 Å². The highest BCUT2D eigenvalue weighted by Crippen LogP contribution is 2.45. The minimum atomic E-state index is -0.532. The number of nitrogens with one attached hydrogen (secondary N) is 1. The van der Waals surface area contributed by atoms with Crippen molar-refractivity contribution in [3.63, 3.8) is 0 Å². The van der Waals surface area contributed by atoms with E-state index in [2.05, 4.69) is 9.69 Å². The van der Waals surface area contributed by atoms with E-state index in [1.807, 2.05) is 31.2 Å². The summed E-state index contributed by atoms with van der Waals surface area (Å²) in [5, 5.41) is 2.75. The number of nitrogens with zero attached hydrogens (tertiary/aromatic N) is 1. The third kappa shape index (κ3) is 4.88. The third-order valence-electron chi connectivity index (χ3n) is 4.68. The molecule has 0 aliphatic carbocycles. The molecule has 0 spiro atoms. The molecule has 0 unspecified atom stereocenters. The molecular weight excluding hydrogens is 432 g/mol. The van der Waals surface area contributed by atoms with Gasteiger partial charge >= 0.3 is 6.09 Å². The number of methoxy groups -OCH3 is 4. The number of benzene rings is 2. The van der Waals surface area contributed by atoms with Crippen LogP contribution < -0.4 is 24.3 Å². The highest BCUT2D eigenvalue weighted by atomic mass is 32.1. The van der Waals surface area contributed by atoms with Crippen molar-refractivity contribution < 1.29 is 28.5 Å². The number of hydrogen-bond donors (Lipinski definition) is 1. The Morgan fingerprint density at radius 2 is 1.62 bits per heavy atom. The number of anilines is 1. The molecule has 0 aliphatic rings. The van der Waals surface area contributed by atoms with Crippen molar-refractivity contribution in [1.82, 2.24) is 4.37 Å². The van der Waals surface area contributed by atoms with Crippen LogP contribution in [0.2, 0.25) is 0 Å². The van der Waals surface area contributed by atoms with Crippen LogP contribution in [0.1, 0.15) is 13.3 Å². The van der Waals surface area contributed by atoms with Gasteiger partial charge in [-0.1, -0.05) is 13.0 Å². The molecule has 0 radical (unpaired) electrons. The van der Waals surface area contributed by atoms with E-state index in [-0.39, 0.29) is 0 Å². The average Bonchev–Trinajstić information content (AvgIpc) is 3.31. The van der Waals surface area contributed by atoms with Gasteiger partial charge in [-0.3, -0.25) is 5.32 Å². The van der Waals surface area contributed by atoms with E-state index < -0.39 is 6.09 Å². The van der Waals surface area contributed by atoms with E-state index in [9.17, 15) is 4.79 Å². The Morgan fingerprint density at radius 1 is 0.938 bits per heavy atom. The zero-order valence-corrected chi connectivity index (χ0v) is 19.5. The van der Waals surface area contributed by atoms with E-state index in [0.29, 0.717) is 35.3 Å². The monoisotopic (exact) mass is 458 g/mol. The lowest BCUT2D eigenvalue weighted by Crippen LogP contribution is -2.14. The molecule has 3 rings (SSSR count). The summed E-state index contributed by atoms with van der Waals surface area (Å²) in [6.07, 6.45) is 1.99. The molecular formula is C23H26N2O6S. The Balaban J connectivity index is 2.03. The quantitative estimate of drug-likeness (QED) is 0.455. The predicted octanol–water partition coefficient (Wildman–Crippen LogP) is 5.47. The van der Waals surface area contributed by atoms with Crippen LogP contribution in [0.4, 0.5) is 10.5 Å². The third-order valence-corrected chi connectivity index (χ3v) is 5.53.